The predicted molar refractivity (Wildman–Crippen MR) is 167 cm³/mol. The summed E-state index contributed by atoms with van der Waals surface area (Å²) in [5.41, 5.74) is 1.63. The minimum absolute atomic E-state index is 0.0406. The second-order valence-electron chi connectivity index (χ2n) is 9.75. The highest BCUT2D eigenvalue weighted by atomic mass is 31.2. The molecule has 0 aliphatic heterocycles. The second-order valence-corrected chi connectivity index (χ2v) is 11.8. The molecule has 0 saturated carbocycles. The summed E-state index contributed by atoms with van der Waals surface area (Å²) in [4.78, 5) is 28.3. The van der Waals surface area contributed by atoms with Gasteiger partial charge in [-0.2, -0.15) is 0 Å². The van der Waals surface area contributed by atoms with E-state index in [9.17, 15) is 14.2 Å². The van der Waals surface area contributed by atoms with Gasteiger partial charge in [-0.3, -0.25) is 4.79 Å². The molecule has 0 spiro atoms. The normalized spacial score (nSPS) is 12.3. The van der Waals surface area contributed by atoms with Gasteiger partial charge in [0.15, 0.2) is 5.78 Å². The van der Waals surface area contributed by atoms with E-state index in [1.54, 1.807) is 54.6 Å². The topological polar surface area (TPSA) is 94.2 Å². The summed E-state index contributed by atoms with van der Waals surface area (Å²) in [7, 11) is -2.60. The molecule has 8 nitrogen and oxygen atoms in total. The average molecular weight is 599 g/mol. The first-order valence-electron chi connectivity index (χ1n) is 13.9. The fraction of sp³-hybridized carbons (Fsp3) is 0.176. The zero-order chi connectivity index (χ0) is 30.5. The number of alkyl carbamates (subject to hydrolysis) is 1. The first kappa shape index (κ1) is 31.1. The van der Waals surface area contributed by atoms with E-state index in [0.717, 1.165) is 11.1 Å². The molecule has 1 unspecified atom stereocenters. The first-order chi connectivity index (χ1) is 20.9. The van der Waals surface area contributed by atoms with Crippen LogP contribution in [0.25, 0.3) is 0 Å². The lowest BCUT2D eigenvalue weighted by Crippen LogP contribution is -2.51. The molecule has 1 N–H and O–H groups in total. The van der Waals surface area contributed by atoms with Gasteiger partial charge in [0.05, 0.1) is 0 Å². The number of benzene rings is 4. The average Bonchev–Trinajstić information content (AvgIpc) is 3.03. The number of hydrogen-bond donors (Lipinski definition) is 1. The van der Waals surface area contributed by atoms with Crippen molar-refractivity contribution in [2.24, 2.45) is 0 Å². The van der Waals surface area contributed by atoms with E-state index in [0.29, 0.717) is 11.5 Å². The van der Waals surface area contributed by atoms with Crippen molar-refractivity contribution in [3.05, 3.63) is 145 Å². The van der Waals surface area contributed by atoms with Crippen LogP contribution in [0.5, 0.6) is 11.5 Å². The third-order valence-electron chi connectivity index (χ3n) is 6.57. The van der Waals surface area contributed by atoms with Gasteiger partial charge in [0.25, 0.3) is 0 Å². The Kier molecular flexibility index (Phi) is 11.2. The number of carbonyl (C=O) groups excluding carboxylic acids is 2. The Hall–Kier alpha value is -4.81. The second kappa shape index (κ2) is 15.4. The number of likely N-dealkylation sites (N-methyl/N-ethyl adjacent to an activating group) is 1. The van der Waals surface area contributed by atoms with Gasteiger partial charge in [0, 0.05) is 13.5 Å². The molecule has 0 aromatic heterocycles. The van der Waals surface area contributed by atoms with Crippen molar-refractivity contribution in [1.82, 2.24) is 10.2 Å². The quantitative estimate of drug-likeness (QED) is 0.122. The molecule has 4 rings (SSSR count). The van der Waals surface area contributed by atoms with Crippen molar-refractivity contribution >= 4 is 19.6 Å². The van der Waals surface area contributed by atoms with E-state index in [2.05, 4.69) is 11.9 Å². The molecule has 43 heavy (non-hydrogen) atoms. The molecule has 2 atom stereocenters. The summed E-state index contributed by atoms with van der Waals surface area (Å²) in [5.74, 6) is -0.931. The third-order valence-corrected chi connectivity index (χ3v) is 8.79. The van der Waals surface area contributed by atoms with Gasteiger partial charge in [-0.1, -0.05) is 103 Å². The number of ether oxygens (including phenoxy) is 1. The molecule has 0 fully saturated rings. The first-order valence-corrected chi connectivity index (χ1v) is 15.5. The molecule has 0 aliphatic rings. The van der Waals surface area contributed by atoms with Crippen molar-refractivity contribution in [2.45, 2.75) is 31.3 Å². The van der Waals surface area contributed by atoms with Crippen molar-refractivity contribution < 1.29 is 27.9 Å². The molecule has 2 amide bonds. The van der Waals surface area contributed by atoms with E-state index in [1.807, 2.05) is 72.8 Å². The monoisotopic (exact) mass is 598 g/mol. The molecule has 4 aromatic carbocycles. The van der Waals surface area contributed by atoms with E-state index in [4.69, 9.17) is 13.8 Å². The summed E-state index contributed by atoms with van der Waals surface area (Å²) in [6.07, 6.45) is 1.07. The lowest BCUT2D eigenvalue weighted by molar-refractivity contribution is -0.133. The SMILES string of the molecule is C=CCC(N(C)C(=O)[C@H](Cc1ccccc1)NC(=O)OCc1ccccc1)P(=O)(Oc1ccccc1)Oc1ccccc1. The zero-order valence-corrected chi connectivity index (χ0v) is 24.8. The van der Waals surface area contributed by atoms with Crippen LogP contribution in [0.2, 0.25) is 0 Å². The van der Waals surface area contributed by atoms with Crippen LogP contribution in [0.4, 0.5) is 4.79 Å². The van der Waals surface area contributed by atoms with Crippen LogP contribution in [0.3, 0.4) is 0 Å². The van der Waals surface area contributed by atoms with Gasteiger partial charge in [-0.15, -0.1) is 6.58 Å². The predicted octanol–water partition coefficient (Wildman–Crippen LogP) is 7.24. The number of para-hydroxylation sites is 2. The van der Waals surface area contributed by atoms with Gasteiger partial charge < -0.3 is 24.0 Å². The largest absolute Gasteiger partial charge is 0.453 e. The van der Waals surface area contributed by atoms with E-state index in [1.165, 1.54) is 11.9 Å². The van der Waals surface area contributed by atoms with Crippen LogP contribution in [0.15, 0.2) is 134 Å². The maximum absolute atomic E-state index is 14.7. The minimum atomic E-state index is -4.12. The molecular formula is C34H35N2O6P. The van der Waals surface area contributed by atoms with E-state index in [-0.39, 0.29) is 19.4 Å². The van der Waals surface area contributed by atoms with E-state index >= 15 is 0 Å². The van der Waals surface area contributed by atoms with Crippen LogP contribution in [-0.2, 0) is 27.1 Å². The summed E-state index contributed by atoms with van der Waals surface area (Å²) < 4.78 is 32.1. The fourth-order valence-electron chi connectivity index (χ4n) is 4.39. The smallest absolute Gasteiger partial charge is 0.445 e. The molecule has 222 valence electrons. The third kappa shape index (κ3) is 9.09. The lowest BCUT2D eigenvalue weighted by Gasteiger charge is -2.35. The Morgan fingerprint density at radius 2 is 1.26 bits per heavy atom. The Bertz CT molecular complexity index is 1460. The van der Waals surface area contributed by atoms with Crippen LogP contribution in [0.1, 0.15) is 17.5 Å². The number of carbonyl (C=O) groups is 2. The standard InChI is InChI=1S/C34H35N2O6P/c1-3-16-32(43(39,41-29-21-12-6-13-22-29)42-30-23-14-7-15-24-30)36(2)33(37)31(25-27-17-8-4-9-18-27)35-34(38)40-26-28-19-10-5-11-20-28/h3-15,17-24,31-32H,1,16,25-26H2,2H3,(H,35,38)/t31-,32?/m0/s1. The molecule has 0 saturated heterocycles. The molecule has 9 heteroatoms. The Morgan fingerprint density at radius 3 is 1.74 bits per heavy atom. The van der Waals surface area contributed by atoms with Crippen molar-refractivity contribution in [1.29, 1.82) is 0 Å². The van der Waals surface area contributed by atoms with Crippen molar-refractivity contribution in [3.8, 4) is 11.5 Å². The van der Waals surface area contributed by atoms with Crippen LogP contribution in [-0.4, -0.2) is 35.8 Å². The van der Waals surface area contributed by atoms with E-state index < -0.39 is 31.4 Å². The van der Waals surface area contributed by atoms with Crippen molar-refractivity contribution in [2.75, 3.05) is 7.05 Å². The molecule has 0 bridgehead atoms. The summed E-state index contributed by atoms with van der Waals surface area (Å²) in [5, 5.41) is 2.71. The highest BCUT2D eigenvalue weighted by molar-refractivity contribution is 7.55. The maximum atomic E-state index is 14.7. The Labute approximate surface area is 252 Å². The van der Waals surface area contributed by atoms with Gasteiger partial charge >= 0.3 is 13.7 Å². The van der Waals surface area contributed by atoms with Crippen LogP contribution >= 0.6 is 7.60 Å². The van der Waals surface area contributed by atoms with Gasteiger partial charge in [-0.05, 0) is 41.8 Å². The number of nitrogens with one attached hydrogen (secondary N) is 1. The molecule has 0 radical (unpaired) electrons. The lowest BCUT2D eigenvalue weighted by atomic mass is 10.0. The zero-order valence-electron chi connectivity index (χ0n) is 24.0. The summed E-state index contributed by atoms with van der Waals surface area (Å²) >= 11 is 0. The van der Waals surface area contributed by atoms with Crippen LogP contribution < -0.4 is 14.4 Å². The molecule has 4 aromatic rings. The van der Waals surface area contributed by atoms with Gasteiger partial charge in [0.2, 0.25) is 5.91 Å². The Morgan fingerprint density at radius 1 is 0.791 bits per heavy atom. The highest BCUT2D eigenvalue weighted by Crippen LogP contribution is 2.55. The van der Waals surface area contributed by atoms with Crippen molar-refractivity contribution in [3.63, 3.8) is 0 Å². The summed E-state index contributed by atoms with van der Waals surface area (Å²) in [6.45, 7) is 3.86. The Balaban J connectivity index is 1.61. The highest BCUT2D eigenvalue weighted by Gasteiger charge is 2.44. The molecule has 0 aliphatic carbocycles. The number of amides is 2. The van der Waals surface area contributed by atoms with Gasteiger partial charge in [-0.25, -0.2) is 9.36 Å². The molecule has 0 heterocycles. The number of hydrogen-bond acceptors (Lipinski definition) is 6. The maximum Gasteiger partial charge on any atom is 0.453 e. The summed E-state index contributed by atoms with van der Waals surface area (Å²) in [6, 6.07) is 34.8. The van der Waals surface area contributed by atoms with Crippen LogP contribution in [0, 0.1) is 0 Å². The minimum Gasteiger partial charge on any atom is -0.445 e. The molecular weight excluding hydrogens is 563 g/mol. The fourth-order valence-corrected chi connectivity index (χ4v) is 6.45. The van der Waals surface area contributed by atoms with Gasteiger partial charge in [0.1, 0.15) is 24.1 Å². The number of nitrogens with zero attached hydrogens (tertiary/aromatic N) is 1. The number of rotatable bonds is 14.